The minimum atomic E-state index is -1.30. The Labute approximate surface area is 210 Å². The number of amides is 2. The predicted octanol–water partition coefficient (Wildman–Crippen LogP) is 2.85. The number of rotatable bonds is 10. The van der Waals surface area contributed by atoms with Crippen LogP contribution in [0, 0.1) is 17.5 Å². The first kappa shape index (κ1) is 27.3. The van der Waals surface area contributed by atoms with Crippen molar-refractivity contribution in [3.05, 3.63) is 59.4 Å². The second-order valence-corrected chi connectivity index (χ2v) is 9.13. The van der Waals surface area contributed by atoms with Gasteiger partial charge in [-0.05, 0) is 49.2 Å². The van der Waals surface area contributed by atoms with Gasteiger partial charge in [-0.15, -0.1) is 11.8 Å². The van der Waals surface area contributed by atoms with E-state index in [1.807, 2.05) is 0 Å². The molecule has 1 fully saturated rings. The number of hydrogen-bond acceptors (Lipinski definition) is 7. The van der Waals surface area contributed by atoms with E-state index in [1.54, 1.807) is 31.2 Å². The molecule has 36 heavy (non-hydrogen) atoms. The van der Waals surface area contributed by atoms with E-state index in [0.717, 1.165) is 6.07 Å². The van der Waals surface area contributed by atoms with E-state index in [2.05, 4.69) is 5.32 Å². The van der Waals surface area contributed by atoms with Gasteiger partial charge in [0, 0.05) is 36.5 Å². The standard InChI is InChI=1S/C24H26F3N3O5S/c1-2-34-22(32)13-35-17-5-3-16(4-6-17)29-23(33)24-30(7-8-36-24)21(31)11-15(28)9-14-10-19(26)20(27)12-18(14)25/h3-6,10,12,15,24H,2,7-9,11,13,28H2,1H3,(H,29,33). The summed E-state index contributed by atoms with van der Waals surface area (Å²) in [6.07, 6.45) is -0.369. The van der Waals surface area contributed by atoms with Crippen LogP contribution in [0.25, 0.3) is 0 Å². The predicted molar refractivity (Wildman–Crippen MR) is 128 cm³/mol. The zero-order chi connectivity index (χ0) is 26.2. The summed E-state index contributed by atoms with van der Waals surface area (Å²) in [7, 11) is 0. The first-order valence-corrected chi connectivity index (χ1v) is 12.2. The number of nitrogens with two attached hydrogens (primary N) is 1. The number of esters is 1. The smallest absolute Gasteiger partial charge is 0.344 e. The molecular formula is C24H26F3N3O5S. The molecule has 0 saturated carbocycles. The third-order valence-electron chi connectivity index (χ3n) is 5.23. The number of nitrogens with one attached hydrogen (secondary N) is 1. The van der Waals surface area contributed by atoms with Crippen molar-refractivity contribution in [3.63, 3.8) is 0 Å². The summed E-state index contributed by atoms with van der Waals surface area (Å²) in [5.41, 5.74) is 6.31. The fourth-order valence-corrected chi connectivity index (χ4v) is 4.68. The fourth-order valence-electron chi connectivity index (χ4n) is 3.54. The highest BCUT2D eigenvalue weighted by Gasteiger charge is 2.35. The van der Waals surface area contributed by atoms with Crippen LogP contribution in [0.3, 0.4) is 0 Å². The second-order valence-electron chi connectivity index (χ2n) is 7.94. The third kappa shape index (κ3) is 7.37. The van der Waals surface area contributed by atoms with E-state index in [-0.39, 0.29) is 31.6 Å². The number of benzene rings is 2. The molecule has 0 bridgehead atoms. The van der Waals surface area contributed by atoms with Gasteiger partial charge in [0.15, 0.2) is 23.6 Å². The molecule has 0 spiro atoms. The topological polar surface area (TPSA) is 111 Å². The van der Waals surface area contributed by atoms with Crippen LogP contribution in [-0.4, -0.2) is 59.6 Å². The SMILES string of the molecule is CCOC(=O)COc1ccc(NC(=O)C2SCCN2C(=O)CC(N)Cc2cc(F)c(F)cc2F)cc1. The summed E-state index contributed by atoms with van der Waals surface area (Å²) in [6, 6.07) is 6.66. The third-order valence-corrected chi connectivity index (χ3v) is 6.43. The monoisotopic (exact) mass is 525 g/mol. The number of nitrogens with zero attached hydrogens (tertiary/aromatic N) is 1. The lowest BCUT2D eigenvalue weighted by molar-refractivity contribution is -0.145. The van der Waals surface area contributed by atoms with Crippen molar-refractivity contribution in [3.8, 4) is 5.75 Å². The summed E-state index contributed by atoms with van der Waals surface area (Å²) in [6.45, 7) is 2.04. The molecule has 1 aliphatic heterocycles. The molecule has 12 heteroatoms. The number of halogens is 3. The minimum absolute atomic E-state index is 0.131. The lowest BCUT2D eigenvalue weighted by atomic mass is 10.0. The maximum atomic E-state index is 13.9. The van der Waals surface area contributed by atoms with Crippen LogP contribution in [0.2, 0.25) is 0 Å². The van der Waals surface area contributed by atoms with Gasteiger partial charge >= 0.3 is 5.97 Å². The van der Waals surface area contributed by atoms with Crippen LogP contribution in [-0.2, 0) is 25.5 Å². The van der Waals surface area contributed by atoms with Crippen LogP contribution in [0.1, 0.15) is 18.9 Å². The normalized spacial score (nSPS) is 15.9. The Morgan fingerprint density at radius 3 is 2.53 bits per heavy atom. The Bertz CT molecular complexity index is 1100. The molecule has 194 valence electrons. The van der Waals surface area contributed by atoms with Gasteiger partial charge in [0.1, 0.15) is 11.6 Å². The van der Waals surface area contributed by atoms with E-state index in [1.165, 1.54) is 16.7 Å². The maximum absolute atomic E-state index is 13.9. The highest BCUT2D eigenvalue weighted by molar-refractivity contribution is 8.00. The molecule has 2 amide bonds. The summed E-state index contributed by atoms with van der Waals surface area (Å²) >= 11 is 1.29. The zero-order valence-corrected chi connectivity index (χ0v) is 20.3. The van der Waals surface area contributed by atoms with Crippen LogP contribution in [0.5, 0.6) is 5.75 Å². The average Bonchev–Trinajstić information content (AvgIpc) is 3.33. The van der Waals surface area contributed by atoms with E-state index in [4.69, 9.17) is 15.2 Å². The molecule has 0 aromatic heterocycles. The molecule has 1 saturated heterocycles. The number of ether oxygens (including phenoxy) is 2. The van der Waals surface area contributed by atoms with E-state index >= 15 is 0 Å². The quantitative estimate of drug-likeness (QED) is 0.363. The van der Waals surface area contributed by atoms with Crippen molar-refractivity contribution in [2.75, 3.05) is 30.8 Å². The lowest BCUT2D eigenvalue weighted by Crippen LogP contribution is -2.44. The first-order chi connectivity index (χ1) is 17.2. The molecular weight excluding hydrogens is 499 g/mol. The highest BCUT2D eigenvalue weighted by Crippen LogP contribution is 2.27. The molecule has 0 radical (unpaired) electrons. The summed E-state index contributed by atoms with van der Waals surface area (Å²) in [5, 5.41) is 1.95. The van der Waals surface area contributed by atoms with Gasteiger partial charge in [-0.2, -0.15) is 0 Å². The Kier molecular flexibility index (Phi) is 9.59. The Morgan fingerprint density at radius 2 is 1.83 bits per heavy atom. The summed E-state index contributed by atoms with van der Waals surface area (Å²) in [4.78, 5) is 38.4. The minimum Gasteiger partial charge on any atom is -0.482 e. The highest BCUT2D eigenvalue weighted by atomic mass is 32.2. The van der Waals surface area contributed by atoms with Crippen molar-refractivity contribution in [1.29, 1.82) is 0 Å². The lowest BCUT2D eigenvalue weighted by Gasteiger charge is -2.24. The molecule has 8 nitrogen and oxygen atoms in total. The largest absolute Gasteiger partial charge is 0.482 e. The first-order valence-electron chi connectivity index (χ1n) is 11.2. The number of carbonyl (C=O) groups is 3. The second kappa shape index (κ2) is 12.6. The van der Waals surface area contributed by atoms with Gasteiger partial charge < -0.3 is 25.4 Å². The Morgan fingerprint density at radius 1 is 1.14 bits per heavy atom. The molecule has 0 aliphatic carbocycles. The van der Waals surface area contributed by atoms with Crippen molar-refractivity contribution in [2.24, 2.45) is 5.73 Å². The van der Waals surface area contributed by atoms with Crippen LogP contribution in [0.4, 0.5) is 18.9 Å². The molecule has 1 heterocycles. The molecule has 3 N–H and O–H groups in total. The Balaban J connectivity index is 1.53. The molecule has 3 rings (SSSR count). The number of thioether (sulfide) groups is 1. The van der Waals surface area contributed by atoms with Gasteiger partial charge in [-0.25, -0.2) is 18.0 Å². The van der Waals surface area contributed by atoms with Gasteiger partial charge in [-0.1, -0.05) is 0 Å². The van der Waals surface area contributed by atoms with Crippen molar-refractivity contribution in [1.82, 2.24) is 4.90 Å². The summed E-state index contributed by atoms with van der Waals surface area (Å²) < 4.78 is 50.5. The number of anilines is 1. The van der Waals surface area contributed by atoms with E-state index in [9.17, 15) is 27.6 Å². The molecule has 2 aromatic rings. The van der Waals surface area contributed by atoms with Gasteiger partial charge in [0.2, 0.25) is 5.91 Å². The van der Waals surface area contributed by atoms with Crippen LogP contribution >= 0.6 is 11.8 Å². The van der Waals surface area contributed by atoms with Crippen LogP contribution in [0.15, 0.2) is 36.4 Å². The van der Waals surface area contributed by atoms with Gasteiger partial charge in [0.25, 0.3) is 5.91 Å². The molecule has 2 atom stereocenters. The Hall–Kier alpha value is -3.25. The van der Waals surface area contributed by atoms with E-state index in [0.29, 0.717) is 29.8 Å². The van der Waals surface area contributed by atoms with E-state index < -0.39 is 46.7 Å². The average molecular weight is 526 g/mol. The number of hydrogen-bond donors (Lipinski definition) is 2. The van der Waals surface area contributed by atoms with Crippen LogP contribution < -0.4 is 15.8 Å². The van der Waals surface area contributed by atoms with Crippen molar-refractivity contribution >= 4 is 35.2 Å². The van der Waals surface area contributed by atoms with Crippen molar-refractivity contribution < 1.29 is 37.0 Å². The van der Waals surface area contributed by atoms with Gasteiger partial charge in [0.05, 0.1) is 6.61 Å². The van der Waals surface area contributed by atoms with Gasteiger partial charge in [-0.3, -0.25) is 9.59 Å². The maximum Gasteiger partial charge on any atom is 0.344 e. The number of carbonyl (C=O) groups excluding carboxylic acids is 3. The van der Waals surface area contributed by atoms with Crippen molar-refractivity contribution in [2.45, 2.75) is 31.2 Å². The fraction of sp³-hybridized carbons (Fsp3) is 0.375. The molecule has 2 aromatic carbocycles. The zero-order valence-electron chi connectivity index (χ0n) is 19.5. The summed E-state index contributed by atoms with van der Waals surface area (Å²) in [5.74, 6) is -3.80. The molecule has 1 aliphatic rings. The molecule has 2 unspecified atom stereocenters.